The van der Waals surface area contributed by atoms with E-state index in [1.807, 2.05) is 0 Å². The van der Waals surface area contributed by atoms with Crippen molar-refractivity contribution in [2.75, 3.05) is 0 Å². The van der Waals surface area contributed by atoms with E-state index in [1.54, 1.807) is 0 Å². The zero-order valence-electron chi connectivity index (χ0n) is 12.6. The molecule has 0 aromatic rings. The molecule has 0 amide bonds. The van der Waals surface area contributed by atoms with Crippen LogP contribution in [0.4, 0.5) is 24.0 Å². The molecule has 0 aliphatic rings. The van der Waals surface area contributed by atoms with Gasteiger partial charge in [-0.1, -0.05) is 0 Å². The van der Waals surface area contributed by atoms with Crippen LogP contribution in [0.25, 0.3) is 0 Å². The molecule has 21 nitrogen and oxygen atoms in total. The van der Waals surface area contributed by atoms with Crippen molar-refractivity contribution in [1.29, 1.82) is 0 Å². The van der Waals surface area contributed by atoms with Crippen molar-refractivity contribution in [3.8, 4) is 0 Å². The van der Waals surface area contributed by atoms with Crippen LogP contribution in [-0.4, -0.2) is 81.6 Å². The summed E-state index contributed by atoms with van der Waals surface area (Å²) in [6, 6.07) is 0. The Balaban J connectivity index is -0.0000000290. The van der Waals surface area contributed by atoms with E-state index in [9.17, 15) is 0 Å². The number of carbonyl (C=O) groups is 5. The average Bonchev–Trinajstić information content (AvgIpc) is 2.56. The van der Waals surface area contributed by atoms with E-state index in [-0.39, 0.29) is 44.7 Å². The third-order valence-corrected chi connectivity index (χ3v) is 0.356. The van der Waals surface area contributed by atoms with Crippen molar-refractivity contribution in [2.45, 2.75) is 0 Å². The molecule has 0 atom stereocenters. The average molecular weight is 538 g/mol. The molecule has 0 aliphatic carbocycles. The second kappa shape index (κ2) is 44.1. The first-order chi connectivity index (χ1) is 11.4. The van der Waals surface area contributed by atoms with E-state index in [2.05, 4.69) is 24.4 Å². The maximum absolute atomic E-state index is 8.83. The van der Waals surface area contributed by atoms with E-state index in [0.29, 0.717) is 0 Å². The van der Waals surface area contributed by atoms with Crippen LogP contribution < -0.4 is 26.3 Å². The first-order valence-electron chi connectivity index (χ1n) is 3.99. The van der Waals surface area contributed by atoms with E-state index in [1.165, 1.54) is 0 Å². The molecule has 28 heavy (non-hydrogen) atoms. The van der Waals surface area contributed by atoms with E-state index >= 15 is 0 Å². The summed E-state index contributed by atoms with van der Waals surface area (Å²) in [6.45, 7) is 0. The van der Waals surface area contributed by atoms with Crippen molar-refractivity contribution in [3.63, 3.8) is 0 Å². The van der Waals surface area contributed by atoms with Crippen LogP contribution in [0.15, 0.2) is 0 Å². The van der Waals surface area contributed by atoms with Crippen molar-refractivity contribution < 1.29 is 125 Å². The van der Waals surface area contributed by atoms with Crippen LogP contribution in [0.2, 0.25) is 0 Å². The second-order valence-electron chi connectivity index (χ2n) is 1.75. The zero-order chi connectivity index (χ0) is 21.4. The van der Waals surface area contributed by atoms with Gasteiger partial charge in [0, 0.05) is 0 Å². The Morgan fingerprint density at radius 2 is 0.500 bits per heavy atom. The Morgan fingerprint density at radius 1 is 0.464 bits per heavy atom. The van der Waals surface area contributed by atoms with Gasteiger partial charge in [-0.05, 0) is 0 Å². The third-order valence-electron chi connectivity index (χ3n) is 0.356. The van der Waals surface area contributed by atoms with Gasteiger partial charge in [0.15, 0.2) is 0 Å². The summed E-state index contributed by atoms with van der Waals surface area (Å²) in [7, 11) is 0. The molecular formula is C5H7GaO21Zn. The van der Waals surface area contributed by atoms with Crippen LogP contribution in [0.5, 0.6) is 0 Å². The predicted molar refractivity (Wildman–Crippen MR) is 54.9 cm³/mol. The van der Waals surface area contributed by atoms with Gasteiger partial charge in [-0.2, -0.15) is 0 Å². The number of hydrogen-bond acceptors (Lipinski definition) is 15. The number of rotatable bonds is 0. The van der Waals surface area contributed by atoms with E-state index in [4.69, 9.17) is 75.8 Å². The Kier molecular flexibility index (Phi) is 78.7. The summed E-state index contributed by atoms with van der Waals surface area (Å²) < 4.78 is 0. The van der Waals surface area contributed by atoms with Crippen molar-refractivity contribution in [2.24, 2.45) is 0 Å². The summed E-state index contributed by atoms with van der Waals surface area (Å²) in [5.74, 6) is 0. The predicted octanol–water partition coefficient (Wildman–Crippen LogP) is -6.43. The maximum atomic E-state index is 8.83. The summed E-state index contributed by atoms with van der Waals surface area (Å²) in [5.41, 5.74) is 0. The van der Waals surface area contributed by atoms with Gasteiger partial charge in [-0.15, -0.1) is 0 Å². The minimum absolute atomic E-state index is 0. The van der Waals surface area contributed by atoms with Crippen molar-refractivity contribution >= 4 is 50.6 Å². The van der Waals surface area contributed by atoms with Gasteiger partial charge in [0.25, 0.3) is 0 Å². The van der Waals surface area contributed by atoms with Crippen LogP contribution in [-0.2, 0) is 43.9 Å². The Bertz CT molecular complexity index is 289. The SMILES string of the molecule is O.O=C(O)O[O-].O=C(O)O[O-].O=C(O)O[O-].O=C(O)O[O-].O=C(O)O[O-].[Ga+3].[Zn+2]. The van der Waals surface area contributed by atoms with Gasteiger partial charge in [0.05, 0.1) is 0 Å². The number of hydrogen-bond donors (Lipinski definition) is 5. The van der Waals surface area contributed by atoms with Gasteiger partial charge in [0.1, 0.15) is 0 Å². The smallest absolute Gasteiger partial charge is 0.659 e. The molecule has 0 aromatic heterocycles. The summed E-state index contributed by atoms with van der Waals surface area (Å²) in [6.07, 6.45) is -9.00. The fourth-order valence-corrected chi connectivity index (χ4v) is 0. The molecule has 158 valence electrons. The standard InChI is InChI=1S/5CH2O4.Ga.H2O.Zn/c5*2-1(3)5-4;;;/h5*4H,(H,2,3);;1H2;/q;;;;;+3;;+2/p-5. The van der Waals surface area contributed by atoms with Gasteiger partial charge < -0.3 is 81.7 Å². The molecule has 0 radical (unpaired) electrons. The molecule has 0 saturated carbocycles. The molecule has 0 heterocycles. The topological polar surface area (TPSA) is 379 Å². The monoisotopic (exact) mass is 536 g/mol. The maximum Gasteiger partial charge on any atom is 3.00 e. The molecular weight excluding hydrogens is 531 g/mol. The zero-order valence-corrected chi connectivity index (χ0v) is 18.0. The Labute approximate surface area is 176 Å². The van der Waals surface area contributed by atoms with Crippen molar-refractivity contribution in [3.05, 3.63) is 0 Å². The summed E-state index contributed by atoms with van der Waals surface area (Å²) >= 11 is 0. The van der Waals surface area contributed by atoms with E-state index < -0.39 is 30.8 Å². The molecule has 7 N–H and O–H groups in total. The van der Waals surface area contributed by atoms with Gasteiger partial charge in [-0.25, -0.2) is 24.0 Å². The van der Waals surface area contributed by atoms with Crippen molar-refractivity contribution in [1.82, 2.24) is 0 Å². The van der Waals surface area contributed by atoms with Gasteiger partial charge >= 0.3 is 70.0 Å². The van der Waals surface area contributed by atoms with Crippen LogP contribution in [0.1, 0.15) is 0 Å². The first-order valence-corrected chi connectivity index (χ1v) is 3.99. The summed E-state index contributed by atoms with van der Waals surface area (Å²) in [5, 5.41) is 78.6. The molecule has 0 spiro atoms. The molecule has 0 rings (SSSR count). The molecule has 0 saturated heterocycles. The van der Waals surface area contributed by atoms with E-state index in [0.717, 1.165) is 0 Å². The molecule has 0 fully saturated rings. The van der Waals surface area contributed by atoms with Crippen LogP contribution in [0.3, 0.4) is 0 Å². The Hall–Kier alpha value is -2.63. The minimum Gasteiger partial charge on any atom is -0.659 e. The largest absolute Gasteiger partial charge is 3.00 e. The quantitative estimate of drug-likeness (QED) is 0.109. The van der Waals surface area contributed by atoms with Gasteiger partial charge in [-0.3, -0.25) is 0 Å². The third kappa shape index (κ3) is 215. The molecule has 23 heteroatoms. The molecule has 0 unspecified atom stereocenters. The first kappa shape index (κ1) is 49.9. The molecule has 0 aromatic carbocycles. The fraction of sp³-hybridized carbons (Fsp3) is 0. The second-order valence-corrected chi connectivity index (χ2v) is 1.75. The number of carboxylic acid groups (broad SMARTS) is 5. The Morgan fingerprint density at radius 3 is 0.500 bits per heavy atom. The van der Waals surface area contributed by atoms with Crippen LogP contribution in [0, 0.1) is 0 Å². The summed E-state index contributed by atoms with van der Waals surface area (Å²) in [4.78, 5) is 56.2. The normalized spacial score (nSPS) is 5.89. The minimum atomic E-state index is -1.80. The molecule has 0 aliphatic heterocycles. The van der Waals surface area contributed by atoms with Crippen LogP contribution >= 0.6 is 0 Å². The molecule has 0 bridgehead atoms. The fourth-order valence-electron chi connectivity index (χ4n) is 0. The van der Waals surface area contributed by atoms with Gasteiger partial charge in [0.2, 0.25) is 0 Å².